The van der Waals surface area contributed by atoms with E-state index in [1.807, 2.05) is 4.90 Å². The molecule has 3 N–H and O–H groups in total. The van der Waals surface area contributed by atoms with E-state index >= 15 is 0 Å². The monoisotopic (exact) mass is 444 g/mol. The Morgan fingerprint density at radius 2 is 1.62 bits per heavy atom. The van der Waals surface area contributed by atoms with E-state index in [4.69, 9.17) is 4.74 Å². The molecule has 1 atom stereocenters. The summed E-state index contributed by atoms with van der Waals surface area (Å²) in [5.74, 6) is -0.321. The van der Waals surface area contributed by atoms with Crippen LogP contribution in [0.25, 0.3) is 0 Å². The lowest BCUT2D eigenvalue weighted by molar-refractivity contribution is -0.148. The van der Waals surface area contributed by atoms with Crippen LogP contribution in [0.4, 0.5) is 10.5 Å². The van der Waals surface area contributed by atoms with E-state index in [2.05, 4.69) is 15.5 Å². The van der Waals surface area contributed by atoms with Crippen LogP contribution in [-0.4, -0.2) is 78.3 Å². The topological polar surface area (TPSA) is 94.1 Å². The number of ether oxygens (including phenoxy) is 1. The highest BCUT2D eigenvalue weighted by Gasteiger charge is 2.31. The first-order valence-corrected chi connectivity index (χ1v) is 12.1. The fraction of sp³-hybridized carbons (Fsp3) is 0.667. The number of rotatable bonds is 6. The zero-order chi connectivity index (χ0) is 22.3. The minimum absolute atomic E-state index is 0.0594. The van der Waals surface area contributed by atoms with Gasteiger partial charge in [0.05, 0.1) is 0 Å². The Bertz CT molecular complexity index is 752. The van der Waals surface area contributed by atoms with Crippen molar-refractivity contribution in [3.05, 3.63) is 24.3 Å². The number of nitrogens with zero attached hydrogens (tertiary/aromatic N) is 2. The molecule has 0 spiro atoms. The second kappa shape index (κ2) is 11.0. The SMILES string of the molecule is O=C(O)C(Oc1ccc(NC(=O)N2CCN(C3CCNCC3)CC2)cc1)C1CCCCC1. The molecule has 1 aliphatic carbocycles. The van der Waals surface area contributed by atoms with E-state index in [9.17, 15) is 14.7 Å². The number of hydrogen-bond donors (Lipinski definition) is 3. The van der Waals surface area contributed by atoms with Crippen molar-refractivity contribution in [2.75, 3.05) is 44.6 Å². The van der Waals surface area contributed by atoms with Crippen LogP contribution in [0.3, 0.4) is 0 Å². The minimum atomic E-state index is -0.905. The maximum absolute atomic E-state index is 12.7. The van der Waals surface area contributed by atoms with Gasteiger partial charge >= 0.3 is 12.0 Å². The molecule has 1 unspecified atom stereocenters. The highest BCUT2D eigenvalue weighted by molar-refractivity contribution is 5.89. The maximum atomic E-state index is 12.7. The van der Waals surface area contributed by atoms with Crippen LogP contribution in [0, 0.1) is 5.92 Å². The second-order valence-corrected chi connectivity index (χ2v) is 9.23. The van der Waals surface area contributed by atoms with Crippen LogP contribution in [-0.2, 0) is 4.79 Å². The average Bonchev–Trinajstić information content (AvgIpc) is 2.84. The van der Waals surface area contributed by atoms with Gasteiger partial charge in [-0.15, -0.1) is 0 Å². The lowest BCUT2D eigenvalue weighted by Gasteiger charge is -2.40. The Labute approximate surface area is 190 Å². The van der Waals surface area contributed by atoms with Crippen molar-refractivity contribution in [1.82, 2.24) is 15.1 Å². The lowest BCUT2D eigenvalue weighted by Crippen LogP contribution is -2.54. The minimum Gasteiger partial charge on any atom is -0.478 e. The highest BCUT2D eigenvalue weighted by Crippen LogP contribution is 2.29. The normalized spacial score (nSPS) is 22.3. The number of aliphatic carboxylic acids is 1. The van der Waals surface area contributed by atoms with Crippen molar-refractivity contribution in [2.45, 2.75) is 57.1 Å². The van der Waals surface area contributed by atoms with Crippen molar-refractivity contribution in [3.63, 3.8) is 0 Å². The van der Waals surface area contributed by atoms with Crippen LogP contribution < -0.4 is 15.4 Å². The predicted octanol–water partition coefficient (Wildman–Crippen LogP) is 3.00. The van der Waals surface area contributed by atoms with Crippen molar-refractivity contribution in [3.8, 4) is 5.75 Å². The van der Waals surface area contributed by atoms with Gasteiger partial charge in [0.15, 0.2) is 6.10 Å². The van der Waals surface area contributed by atoms with E-state index in [1.165, 1.54) is 19.3 Å². The first kappa shape index (κ1) is 22.9. The zero-order valence-corrected chi connectivity index (χ0v) is 18.8. The van der Waals surface area contributed by atoms with Gasteiger partial charge < -0.3 is 25.4 Å². The van der Waals surface area contributed by atoms with E-state index in [1.54, 1.807) is 24.3 Å². The third-order valence-electron chi connectivity index (χ3n) is 7.12. The Kier molecular flexibility index (Phi) is 7.86. The van der Waals surface area contributed by atoms with E-state index in [0.29, 0.717) is 17.5 Å². The molecule has 0 bridgehead atoms. The van der Waals surface area contributed by atoms with Gasteiger partial charge in [-0.05, 0) is 63.0 Å². The number of piperazine rings is 1. The summed E-state index contributed by atoms with van der Waals surface area (Å²) in [6.45, 7) is 5.47. The van der Waals surface area contributed by atoms with Crippen LogP contribution in [0.15, 0.2) is 24.3 Å². The lowest BCUT2D eigenvalue weighted by atomic mass is 9.85. The zero-order valence-electron chi connectivity index (χ0n) is 18.8. The molecule has 176 valence electrons. The molecular weight excluding hydrogens is 408 g/mol. The first-order chi connectivity index (χ1) is 15.6. The number of amides is 2. The predicted molar refractivity (Wildman–Crippen MR) is 123 cm³/mol. The number of carbonyl (C=O) groups is 2. The van der Waals surface area contributed by atoms with E-state index < -0.39 is 12.1 Å². The van der Waals surface area contributed by atoms with Gasteiger partial charge in [0.2, 0.25) is 0 Å². The number of nitrogens with one attached hydrogen (secondary N) is 2. The molecule has 3 aliphatic rings. The third-order valence-corrected chi connectivity index (χ3v) is 7.12. The molecule has 0 radical (unpaired) electrons. The summed E-state index contributed by atoms with van der Waals surface area (Å²) in [6.07, 6.45) is 6.65. The standard InChI is InChI=1S/C24H36N4O4/c29-23(30)22(18-4-2-1-3-5-18)32-21-8-6-19(7-9-21)26-24(31)28-16-14-27(15-17-28)20-10-12-25-13-11-20/h6-9,18,20,22,25H,1-5,10-17H2,(H,26,31)(H,29,30). The number of benzene rings is 1. The van der Waals surface area contributed by atoms with Crippen molar-refractivity contribution in [2.24, 2.45) is 5.92 Å². The van der Waals surface area contributed by atoms with Crippen LogP contribution in [0.1, 0.15) is 44.9 Å². The molecule has 2 aliphatic heterocycles. The van der Waals surface area contributed by atoms with E-state index in [-0.39, 0.29) is 11.9 Å². The van der Waals surface area contributed by atoms with E-state index in [0.717, 1.165) is 65.0 Å². The largest absolute Gasteiger partial charge is 0.478 e. The van der Waals surface area contributed by atoms with Gasteiger partial charge in [-0.3, -0.25) is 4.90 Å². The number of hydrogen-bond acceptors (Lipinski definition) is 5. The summed E-state index contributed by atoms with van der Waals surface area (Å²) >= 11 is 0. The third kappa shape index (κ3) is 5.92. The molecule has 32 heavy (non-hydrogen) atoms. The molecule has 2 amide bonds. The quantitative estimate of drug-likeness (QED) is 0.625. The number of carboxylic acid groups (broad SMARTS) is 1. The average molecular weight is 445 g/mol. The molecule has 2 heterocycles. The molecule has 4 rings (SSSR count). The van der Waals surface area contributed by atoms with Gasteiger partial charge in [-0.1, -0.05) is 19.3 Å². The molecule has 0 aromatic heterocycles. The van der Waals surface area contributed by atoms with Crippen LogP contribution >= 0.6 is 0 Å². The summed E-state index contributed by atoms with van der Waals surface area (Å²) in [7, 11) is 0. The number of piperidine rings is 1. The summed E-state index contributed by atoms with van der Waals surface area (Å²) in [5, 5.41) is 16.0. The molecular formula is C24H36N4O4. The number of carboxylic acids is 1. The van der Waals surface area contributed by atoms with Gasteiger partial charge in [0, 0.05) is 43.8 Å². The number of carbonyl (C=O) groups excluding carboxylic acids is 1. The summed E-state index contributed by atoms with van der Waals surface area (Å²) in [5.41, 5.74) is 0.688. The van der Waals surface area contributed by atoms with Gasteiger partial charge in [-0.2, -0.15) is 0 Å². The smallest absolute Gasteiger partial charge is 0.345 e. The Morgan fingerprint density at radius 1 is 0.969 bits per heavy atom. The maximum Gasteiger partial charge on any atom is 0.345 e. The molecule has 8 heteroatoms. The van der Waals surface area contributed by atoms with Crippen molar-refractivity contribution in [1.29, 1.82) is 0 Å². The molecule has 8 nitrogen and oxygen atoms in total. The fourth-order valence-corrected chi connectivity index (χ4v) is 5.21. The van der Waals surface area contributed by atoms with Gasteiger partial charge in [-0.25, -0.2) is 9.59 Å². The van der Waals surface area contributed by atoms with Gasteiger partial charge in [0.25, 0.3) is 0 Å². The number of anilines is 1. The van der Waals surface area contributed by atoms with Crippen LogP contribution in [0.5, 0.6) is 5.75 Å². The Morgan fingerprint density at radius 3 is 2.25 bits per heavy atom. The molecule has 1 aromatic carbocycles. The molecule has 2 saturated heterocycles. The van der Waals surface area contributed by atoms with Crippen LogP contribution in [0.2, 0.25) is 0 Å². The molecule has 1 aromatic rings. The second-order valence-electron chi connectivity index (χ2n) is 9.23. The van der Waals surface area contributed by atoms with Crippen molar-refractivity contribution >= 4 is 17.7 Å². The Hall–Kier alpha value is -2.32. The molecule has 3 fully saturated rings. The van der Waals surface area contributed by atoms with Gasteiger partial charge in [0.1, 0.15) is 5.75 Å². The number of urea groups is 1. The summed E-state index contributed by atoms with van der Waals surface area (Å²) in [4.78, 5) is 28.8. The van der Waals surface area contributed by atoms with Crippen molar-refractivity contribution < 1.29 is 19.4 Å². The summed E-state index contributed by atoms with van der Waals surface area (Å²) < 4.78 is 5.83. The summed E-state index contributed by atoms with van der Waals surface area (Å²) in [6, 6.07) is 7.58. The fourth-order valence-electron chi connectivity index (χ4n) is 5.21. The Balaban J connectivity index is 1.26. The molecule has 1 saturated carbocycles. The highest BCUT2D eigenvalue weighted by atomic mass is 16.5. The first-order valence-electron chi connectivity index (χ1n) is 12.1.